The van der Waals surface area contributed by atoms with Crippen LogP contribution in [-0.4, -0.2) is 25.4 Å². The van der Waals surface area contributed by atoms with Crippen LogP contribution in [0, 0.1) is 5.92 Å². The number of hydrogen-bond donors (Lipinski definition) is 1. The van der Waals surface area contributed by atoms with E-state index in [4.69, 9.17) is 0 Å². The number of hydrogen-bond acceptors (Lipinski definition) is 3. The number of aliphatic hydroxyl groups is 1. The number of halogens is 1. The molecule has 1 aliphatic rings. The maximum absolute atomic E-state index is 12.2. The lowest BCUT2D eigenvalue weighted by molar-refractivity contribution is 0.103. The fourth-order valence-electron chi connectivity index (χ4n) is 2.62. The van der Waals surface area contributed by atoms with Gasteiger partial charge in [-0.25, -0.2) is 8.42 Å². The Hall–Kier alpha value is -0.390. The van der Waals surface area contributed by atoms with Crippen molar-refractivity contribution in [1.29, 1.82) is 0 Å². The van der Waals surface area contributed by atoms with Crippen LogP contribution in [0.2, 0.25) is 0 Å². The minimum Gasteiger partial charge on any atom is -0.392 e. The van der Waals surface area contributed by atoms with Gasteiger partial charge in [0.25, 0.3) is 0 Å². The highest BCUT2D eigenvalue weighted by molar-refractivity contribution is 9.10. The van der Waals surface area contributed by atoms with Crippen LogP contribution >= 0.6 is 15.9 Å². The van der Waals surface area contributed by atoms with Crippen LogP contribution in [0.4, 0.5) is 0 Å². The van der Waals surface area contributed by atoms with Crippen LogP contribution in [0.3, 0.4) is 0 Å². The molecular weight excluding hydrogens is 328 g/mol. The van der Waals surface area contributed by atoms with Gasteiger partial charge in [0.2, 0.25) is 0 Å². The third-order valence-electron chi connectivity index (χ3n) is 3.76. The molecule has 1 aromatic carbocycles. The molecule has 0 radical (unpaired) electrons. The molecule has 1 N–H and O–H groups in total. The molecule has 1 saturated carbocycles. The fraction of sp³-hybridized carbons (Fsp3) is 0.571. The van der Waals surface area contributed by atoms with Crippen LogP contribution in [0.5, 0.6) is 0 Å². The zero-order valence-corrected chi connectivity index (χ0v) is 13.2. The average Bonchev–Trinajstić information content (AvgIpc) is 2.40. The summed E-state index contributed by atoms with van der Waals surface area (Å²) in [4.78, 5) is 0.283. The number of aliphatic hydroxyl groups excluding tert-OH is 1. The van der Waals surface area contributed by atoms with Gasteiger partial charge in [-0.3, -0.25) is 0 Å². The average molecular weight is 347 g/mol. The van der Waals surface area contributed by atoms with Gasteiger partial charge in [-0.2, -0.15) is 0 Å². The highest BCUT2D eigenvalue weighted by Crippen LogP contribution is 2.28. The number of sulfone groups is 1. The van der Waals surface area contributed by atoms with Crippen LogP contribution in [0.15, 0.2) is 33.6 Å². The molecule has 1 aliphatic carbocycles. The second-order valence-electron chi connectivity index (χ2n) is 5.20. The Balaban J connectivity index is 2.05. The van der Waals surface area contributed by atoms with Gasteiger partial charge in [-0.15, -0.1) is 0 Å². The summed E-state index contributed by atoms with van der Waals surface area (Å²) in [5.74, 6) is -0.0294. The molecular formula is C14H19BrO3S. The van der Waals surface area contributed by atoms with Crippen molar-refractivity contribution >= 4 is 25.8 Å². The first kappa shape index (κ1) is 15.0. The molecule has 3 nitrogen and oxygen atoms in total. The quantitative estimate of drug-likeness (QED) is 0.910. The van der Waals surface area contributed by atoms with Crippen molar-refractivity contribution in [3.05, 3.63) is 28.7 Å². The van der Waals surface area contributed by atoms with Crippen LogP contribution < -0.4 is 0 Å². The second kappa shape index (κ2) is 6.37. The molecule has 1 unspecified atom stereocenters. The second-order valence-corrected chi connectivity index (χ2v) is 8.15. The molecule has 0 spiro atoms. The van der Waals surface area contributed by atoms with E-state index in [0.717, 1.165) is 30.2 Å². The van der Waals surface area contributed by atoms with E-state index in [1.807, 2.05) is 0 Å². The van der Waals surface area contributed by atoms with Crippen LogP contribution in [-0.2, 0) is 9.84 Å². The lowest BCUT2D eigenvalue weighted by atomic mass is 9.86. The van der Waals surface area contributed by atoms with Crippen molar-refractivity contribution in [3.63, 3.8) is 0 Å². The first-order chi connectivity index (χ1) is 8.99. The monoisotopic (exact) mass is 346 g/mol. The van der Waals surface area contributed by atoms with Crippen molar-refractivity contribution in [2.24, 2.45) is 5.92 Å². The molecule has 106 valence electrons. The van der Waals surface area contributed by atoms with Crippen LogP contribution in [0.25, 0.3) is 0 Å². The molecule has 1 atom stereocenters. The van der Waals surface area contributed by atoms with Gasteiger partial charge in [-0.05, 0) is 43.0 Å². The Morgan fingerprint density at radius 2 is 1.74 bits per heavy atom. The van der Waals surface area contributed by atoms with Crippen molar-refractivity contribution in [2.75, 3.05) is 5.75 Å². The third kappa shape index (κ3) is 4.04. The third-order valence-corrected chi connectivity index (χ3v) is 6.06. The van der Waals surface area contributed by atoms with Gasteiger partial charge < -0.3 is 5.11 Å². The van der Waals surface area contributed by atoms with Crippen LogP contribution in [0.1, 0.15) is 32.1 Å². The van der Waals surface area contributed by atoms with E-state index in [1.165, 1.54) is 6.42 Å². The summed E-state index contributed by atoms with van der Waals surface area (Å²) in [6.07, 6.45) is 4.53. The van der Waals surface area contributed by atoms with Crippen molar-refractivity contribution < 1.29 is 13.5 Å². The zero-order valence-electron chi connectivity index (χ0n) is 10.8. The summed E-state index contributed by atoms with van der Waals surface area (Å²) in [5.41, 5.74) is 0. The minimum atomic E-state index is -3.40. The first-order valence-corrected chi connectivity index (χ1v) is 9.10. The van der Waals surface area contributed by atoms with Gasteiger partial charge >= 0.3 is 0 Å². The summed E-state index contributed by atoms with van der Waals surface area (Å²) in [6, 6.07) is 6.57. The number of benzene rings is 1. The van der Waals surface area contributed by atoms with Gasteiger partial charge in [0.15, 0.2) is 9.84 Å². The molecule has 5 heteroatoms. The van der Waals surface area contributed by atoms with Crippen molar-refractivity contribution in [3.8, 4) is 0 Å². The van der Waals surface area contributed by atoms with E-state index in [1.54, 1.807) is 24.3 Å². The molecule has 0 heterocycles. The maximum atomic E-state index is 12.2. The number of rotatable bonds is 4. The molecule has 1 fully saturated rings. The molecule has 2 rings (SSSR count). The first-order valence-electron chi connectivity index (χ1n) is 6.65. The lowest BCUT2D eigenvalue weighted by Gasteiger charge is -2.26. The van der Waals surface area contributed by atoms with Crippen molar-refractivity contribution in [2.45, 2.75) is 43.1 Å². The van der Waals surface area contributed by atoms with E-state index in [9.17, 15) is 13.5 Å². The molecule has 0 bridgehead atoms. The topological polar surface area (TPSA) is 54.4 Å². The van der Waals surface area contributed by atoms with Gasteiger partial charge in [0, 0.05) is 4.47 Å². The highest BCUT2D eigenvalue weighted by Gasteiger charge is 2.27. The smallest absolute Gasteiger partial charge is 0.180 e. The molecule has 1 aromatic rings. The van der Waals surface area contributed by atoms with E-state index in [0.29, 0.717) is 0 Å². The van der Waals surface area contributed by atoms with E-state index in [-0.39, 0.29) is 16.6 Å². The Morgan fingerprint density at radius 1 is 1.16 bits per heavy atom. The predicted octanol–water partition coefficient (Wildman–Crippen LogP) is 3.16. The fourth-order valence-corrected chi connectivity index (χ4v) is 4.35. The SMILES string of the molecule is O=S(=O)(CC(O)C1CCCCC1)c1ccc(Br)cc1. The van der Waals surface area contributed by atoms with Gasteiger partial charge in [0.1, 0.15) is 0 Å². The highest BCUT2D eigenvalue weighted by atomic mass is 79.9. The molecule has 19 heavy (non-hydrogen) atoms. The van der Waals surface area contributed by atoms with Gasteiger partial charge in [0.05, 0.1) is 16.8 Å². The molecule has 0 aliphatic heterocycles. The summed E-state index contributed by atoms with van der Waals surface area (Å²) in [7, 11) is -3.40. The zero-order chi connectivity index (χ0) is 13.9. The minimum absolute atomic E-state index is 0.138. The largest absolute Gasteiger partial charge is 0.392 e. The summed E-state index contributed by atoms with van der Waals surface area (Å²) < 4.78 is 25.3. The van der Waals surface area contributed by atoms with E-state index >= 15 is 0 Å². The predicted molar refractivity (Wildman–Crippen MR) is 78.8 cm³/mol. The maximum Gasteiger partial charge on any atom is 0.180 e. The van der Waals surface area contributed by atoms with Gasteiger partial charge in [-0.1, -0.05) is 35.2 Å². The summed E-state index contributed by atoms with van der Waals surface area (Å²) in [6.45, 7) is 0. The normalized spacial score (nSPS) is 19.3. The van der Waals surface area contributed by atoms with E-state index in [2.05, 4.69) is 15.9 Å². The van der Waals surface area contributed by atoms with E-state index < -0.39 is 15.9 Å². The summed E-state index contributed by atoms with van der Waals surface area (Å²) >= 11 is 3.28. The molecule has 0 amide bonds. The Kier molecular flexibility index (Phi) is 5.03. The van der Waals surface area contributed by atoms with Crippen molar-refractivity contribution in [1.82, 2.24) is 0 Å². The summed E-state index contributed by atoms with van der Waals surface area (Å²) in [5, 5.41) is 10.1. The Morgan fingerprint density at radius 3 is 2.32 bits per heavy atom. The molecule has 0 aromatic heterocycles. The lowest BCUT2D eigenvalue weighted by Crippen LogP contribution is -2.30. The Labute approximate surface area is 123 Å². The molecule has 0 saturated heterocycles. The standard InChI is InChI=1S/C14H19BrO3S/c15-12-6-8-13(9-7-12)19(17,18)10-14(16)11-4-2-1-3-5-11/h6-9,11,14,16H,1-5,10H2. The Bertz CT molecular complexity index is 504.